The molecule has 3 aromatic rings. The van der Waals surface area contributed by atoms with Gasteiger partial charge in [-0.1, -0.05) is 24.6 Å². The van der Waals surface area contributed by atoms with Crippen LogP contribution in [0.3, 0.4) is 0 Å². The number of carbonyl (C=O) groups excluding carboxylic acids is 1. The number of rotatable bonds is 2. The molecule has 0 saturated carbocycles. The molecule has 0 radical (unpaired) electrons. The molecule has 0 bridgehead atoms. The van der Waals surface area contributed by atoms with E-state index in [1.807, 2.05) is 28.8 Å². The maximum Gasteiger partial charge on any atom is 0.279 e. The number of fused-ring (bicyclic) bond motifs is 2. The van der Waals surface area contributed by atoms with E-state index < -0.39 is 10.8 Å². The number of para-hydroxylation sites is 1. The average molecular weight is 362 g/mol. The first kappa shape index (κ1) is 17.1. The summed E-state index contributed by atoms with van der Waals surface area (Å²) in [5.41, 5.74) is 1.46. The largest absolute Gasteiger partial charge is 0.314 e. The molecule has 0 N–H and O–H groups in total. The zero-order valence-electron chi connectivity index (χ0n) is 14.7. The molecule has 0 saturated heterocycles. The van der Waals surface area contributed by atoms with Crippen molar-refractivity contribution < 1.29 is 9.72 Å². The van der Waals surface area contributed by atoms with Crippen molar-refractivity contribution in [3.8, 4) is 0 Å². The molecule has 1 aromatic heterocycles. The van der Waals surface area contributed by atoms with Gasteiger partial charge < -0.3 is 4.57 Å². The van der Waals surface area contributed by atoms with Crippen LogP contribution in [-0.2, 0) is 13.0 Å². The van der Waals surface area contributed by atoms with E-state index in [0.29, 0.717) is 5.49 Å². The predicted molar refractivity (Wildman–Crippen MR) is 100 cm³/mol. The molecule has 2 heterocycles. The topological polar surface area (TPSA) is 90.4 Å². The standard InChI is InChI=1S/C20H18N4O3/c25-20(14-7-6-8-15(13-14)24(26)27)22-19-16-9-3-4-10-17(16)21-18-11-2-1-5-12-23(18)19/h3-4,6-10,13H,1-2,5,11-12H2. The van der Waals surface area contributed by atoms with Gasteiger partial charge in [-0.15, -0.1) is 0 Å². The van der Waals surface area contributed by atoms with Crippen LogP contribution in [0.25, 0.3) is 10.9 Å². The van der Waals surface area contributed by atoms with Gasteiger partial charge in [-0.2, -0.15) is 4.99 Å². The number of aryl methyl sites for hydroxylation is 1. The zero-order valence-corrected chi connectivity index (χ0v) is 14.7. The van der Waals surface area contributed by atoms with E-state index in [9.17, 15) is 14.9 Å². The maximum atomic E-state index is 12.8. The molecule has 0 unspecified atom stereocenters. The van der Waals surface area contributed by atoms with Crippen molar-refractivity contribution in [1.82, 2.24) is 9.55 Å². The lowest BCUT2D eigenvalue weighted by Gasteiger charge is -2.12. The van der Waals surface area contributed by atoms with Crippen molar-refractivity contribution in [1.29, 1.82) is 0 Å². The molecular weight excluding hydrogens is 344 g/mol. The number of carbonyl (C=O) groups is 1. The van der Waals surface area contributed by atoms with E-state index in [0.717, 1.165) is 49.0 Å². The molecule has 1 amide bonds. The van der Waals surface area contributed by atoms with Crippen LogP contribution < -0.4 is 5.49 Å². The van der Waals surface area contributed by atoms with Gasteiger partial charge in [-0.25, -0.2) is 4.98 Å². The van der Waals surface area contributed by atoms with Gasteiger partial charge in [0.25, 0.3) is 11.6 Å². The highest BCUT2D eigenvalue weighted by molar-refractivity contribution is 5.96. The minimum atomic E-state index is -0.514. The molecule has 4 rings (SSSR count). The van der Waals surface area contributed by atoms with E-state index in [2.05, 4.69) is 4.99 Å². The minimum Gasteiger partial charge on any atom is -0.314 e. The second-order valence-corrected chi connectivity index (χ2v) is 6.56. The normalized spacial score (nSPS) is 14.6. The van der Waals surface area contributed by atoms with E-state index in [1.54, 1.807) is 6.07 Å². The Labute approximate surface area is 155 Å². The lowest BCUT2D eigenvalue weighted by atomic mass is 10.2. The van der Waals surface area contributed by atoms with Crippen molar-refractivity contribution in [3.05, 3.63) is 75.5 Å². The molecule has 0 atom stereocenters. The molecule has 0 fully saturated rings. The Morgan fingerprint density at radius 1 is 1.11 bits per heavy atom. The summed E-state index contributed by atoms with van der Waals surface area (Å²) in [6, 6.07) is 13.3. The lowest BCUT2D eigenvalue weighted by Crippen LogP contribution is -2.27. The molecule has 7 heteroatoms. The number of hydrogen-bond donors (Lipinski definition) is 0. The number of aromatic nitrogens is 2. The molecule has 7 nitrogen and oxygen atoms in total. The minimum absolute atomic E-state index is 0.123. The second-order valence-electron chi connectivity index (χ2n) is 6.56. The van der Waals surface area contributed by atoms with Crippen LogP contribution in [0.4, 0.5) is 5.69 Å². The van der Waals surface area contributed by atoms with E-state index >= 15 is 0 Å². The van der Waals surface area contributed by atoms with Gasteiger partial charge in [-0.05, 0) is 31.0 Å². The van der Waals surface area contributed by atoms with E-state index in [-0.39, 0.29) is 11.3 Å². The Morgan fingerprint density at radius 2 is 1.96 bits per heavy atom. The zero-order chi connectivity index (χ0) is 18.8. The first-order chi connectivity index (χ1) is 13.1. The molecule has 136 valence electrons. The third-order valence-corrected chi connectivity index (χ3v) is 4.76. The Kier molecular flexibility index (Phi) is 4.50. The highest BCUT2D eigenvalue weighted by Gasteiger charge is 2.15. The Morgan fingerprint density at radius 3 is 2.81 bits per heavy atom. The van der Waals surface area contributed by atoms with Crippen molar-refractivity contribution in [2.75, 3.05) is 0 Å². The smallest absolute Gasteiger partial charge is 0.279 e. The van der Waals surface area contributed by atoms with E-state index in [1.165, 1.54) is 18.2 Å². The van der Waals surface area contributed by atoms with Crippen LogP contribution in [0.2, 0.25) is 0 Å². The van der Waals surface area contributed by atoms with Crippen molar-refractivity contribution in [2.45, 2.75) is 32.2 Å². The highest BCUT2D eigenvalue weighted by Crippen LogP contribution is 2.16. The molecule has 1 aliphatic heterocycles. The predicted octanol–water partition coefficient (Wildman–Crippen LogP) is 3.41. The summed E-state index contributed by atoms with van der Waals surface area (Å²) in [6.07, 6.45) is 4.02. The fourth-order valence-corrected chi connectivity index (χ4v) is 3.42. The first-order valence-corrected chi connectivity index (χ1v) is 8.95. The Hall–Kier alpha value is -3.35. The van der Waals surface area contributed by atoms with Crippen molar-refractivity contribution in [2.24, 2.45) is 4.99 Å². The van der Waals surface area contributed by atoms with Crippen LogP contribution in [0.15, 0.2) is 53.5 Å². The van der Waals surface area contributed by atoms with Crippen LogP contribution in [0.5, 0.6) is 0 Å². The lowest BCUT2D eigenvalue weighted by molar-refractivity contribution is -0.384. The summed E-state index contributed by atoms with van der Waals surface area (Å²) in [4.78, 5) is 32.4. The van der Waals surface area contributed by atoms with Crippen LogP contribution >= 0.6 is 0 Å². The summed E-state index contributed by atoms with van der Waals surface area (Å²) in [5.74, 6) is 0.436. The SMILES string of the molecule is O=C(N=c1c2ccccc2nc2n1CCCCC2)c1cccc([N+](=O)[O-])c1. The highest BCUT2D eigenvalue weighted by atomic mass is 16.6. The molecule has 1 aliphatic rings. The number of nitrogens with zero attached hydrogens (tertiary/aromatic N) is 4. The quantitative estimate of drug-likeness (QED) is 0.516. The number of benzene rings is 2. The van der Waals surface area contributed by atoms with Crippen LogP contribution in [0, 0.1) is 10.1 Å². The second kappa shape index (κ2) is 7.11. The van der Waals surface area contributed by atoms with Crippen molar-refractivity contribution in [3.63, 3.8) is 0 Å². The van der Waals surface area contributed by atoms with Crippen LogP contribution in [-0.4, -0.2) is 20.4 Å². The third kappa shape index (κ3) is 3.36. The number of non-ortho nitro benzene ring substituents is 1. The van der Waals surface area contributed by atoms with E-state index in [4.69, 9.17) is 4.98 Å². The molecule has 27 heavy (non-hydrogen) atoms. The summed E-state index contributed by atoms with van der Waals surface area (Å²) in [5, 5.41) is 11.8. The fourth-order valence-electron chi connectivity index (χ4n) is 3.42. The third-order valence-electron chi connectivity index (χ3n) is 4.76. The average Bonchev–Trinajstić information content (AvgIpc) is 2.93. The van der Waals surface area contributed by atoms with Gasteiger partial charge in [0, 0.05) is 36.0 Å². The van der Waals surface area contributed by atoms with Crippen LogP contribution in [0.1, 0.15) is 35.4 Å². The molecule has 2 aromatic carbocycles. The van der Waals surface area contributed by atoms with Gasteiger partial charge in [0.1, 0.15) is 11.3 Å². The van der Waals surface area contributed by atoms with Gasteiger partial charge in [0.15, 0.2) is 0 Å². The fraction of sp³-hybridized carbons (Fsp3) is 0.250. The molecule has 0 aliphatic carbocycles. The van der Waals surface area contributed by atoms with Gasteiger partial charge in [0.05, 0.1) is 10.4 Å². The number of nitro groups is 1. The summed E-state index contributed by atoms with van der Waals surface area (Å²) < 4.78 is 2.02. The van der Waals surface area contributed by atoms with Gasteiger partial charge >= 0.3 is 0 Å². The molecule has 0 spiro atoms. The first-order valence-electron chi connectivity index (χ1n) is 8.95. The number of nitro benzene ring substituents is 1. The van der Waals surface area contributed by atoms with Gasteiger partial charge in [0.2, 0.25) is 0 Å². The summed E-state index contributed by atoms with van der Waals surface area (Å²) >= 11 is 0. The molecular formula is C20H18N4O3. The number of amides is 1. The summed E-state index contributed by atoms with van der Waals surface area (Å²) in [6.45, 7) is 0.758. The van der Waals surface area contributed by atoms with Crippen molar-refractivity contribution >= 4 is 22.5 Å². The maximum absolute atomic E-state index is 12.8. The Balaban J connectivity index is 1.92. The Bertz CT molecular complexity index is 1120. The monoisotopic (exact) mass is 362 g/mol. The summed E-state index contributed by atoms with van der Waals surface area (Å²) in [7, 11) is 0. The number of hydrogen-bond acceptors (Lipinski definition) is 4. The van der Waals surface area contributed by atoms with Gasteiger partial charge in [-0.3, -0.25) is 14.9 Å².